The topological polar surface area (TPSA) is 17.1 Å². The SMILES string of the molecule is CC1C2=CC(=O)C=C1C2. The third kappa shape index (κ3) is 0.517. The lowest BCUT2D eigenvalue weighted by Crippen LogP contribution is -2.22. The van der Waals surface area contributed by atoms with Gasteiger partial charge < -0.3 is 0 Å². The lowest BCUT2D eigenvalue weighted by molar-refractivity contribution is -0.110. The van der Waals surface area contributed by atoms with Crippen LogP contribution in [-0.2, 0) is 4.79 Å². The maximum Gasteiger partial charge on any atom is 0.178 e. The molecule has 0 atom stereocenters. The minimum Gasteiger partial charge on any atom is -0.290 e. The van der Waals surface area contributed by atoms with E-state index in [9.17, 15) is 4.79 Å². The molecule has 0 aromatic heterocycles. The third-order valence-electron chi connectivity index (χ3n) is 2.18. The molecule has 0 radical (unpaired) electrons. The van der Waals surface area contributed by atoms with Gasteiger partial charge in [0.25, 0.3) is 0 Å². The van der Waals surface area contributed by atoms with Gasteiger partial charge in [-0.1, -0.05) is 18.1 Å². The number of hydrogen-bond donors (Lipinski definition) is 0. The maximum atomic E-state index is 10.7. The first-order valence-electron chi connectivity index (χ1n) is 3.22. The van der Waals surface area contributed by atoms with Crippen LogP contribution in [0.5, 0.6) is 0 Å². The first kappa shape index (κ1) is 4.98. The smallest absolute Gasteiger partial charge is 0.178 e. The molecule has 0 saturated heterocycles. The molecule has 0 amide bonds. The van der Waals surface area contributed by atoms with E-state index in [2.05, 4.69) is 6.92 Å². The second kappa shape index (κ2) is 1.35. The van der Waals surface area contributed by atoms with Crippen LogP contribution in [0.1, 0.15) is 13.3 Å². The predicted molar refractivity (Wildman–Crippen MR) is 35.0 cm³/mol. The van der Waals surface area contributed by atoms with E-state index < -0.39 is 0 Å². The normalized spacial score (nSPS) is 24.8. The summed E-state index contributed by atoms with van der Waals surface area (Å²) in [4.78, 5) is 10.7. The van der Waals surface area contributed by atoms with Crippen LogP contribution in [-0.4, -0.2) is 5.78 Å². The van der Waals surface area contributed by atoms with Crippen LogP contribution in [0.15, 0.2) is 23.3 Å². The minimum atomic E-state index is 0.185. The van der Waals surface area contributed by atoms with E-state index in [1.54, 1.807) is 12.2 Å². The standard InChI is InChI=1S/C8H8O/c1-5-6-2-7(5)4-8(9)3-6/h3-5H,2H2,1H3. The Bertz CT molecular complexity index is 211. The van der Waals surface area contributed by atoms with Crippen LogP contribution in [0.4, 0.5) is 0 Å². The monoisotopic (exact) mass is 120 g/mol. The highest BCUT2D eigenvalue weighted by atomic mass is 16.1. The highest BCUT2D eigenvalue weighted by Gasteiger charge is 2.29. The van der Waals surface area contributed by atoms with Crippen molar-refractivity contribution < 1.29 is 4.79 Å². The van der Waals surface area contributed by atoms with E-state index in [0.29, 0.717) is 5.92 Å². The van der Waals surface area contributed by atoms with Crippen molar-refractivity contribution in [3.05, 3.63) is 23.3 Å². The van der Waals surface area contributed by atoms with Gasteiger partial charge >= 0.3 is 0 Å². The van der Waals surface area contributed by atoms with E-state index in [1.165, 1.54) is 11.1 Å². The summed E-state index contributed by atoms with van der Waals surface area (Å²) in [7, 11) is 0. The van der Waals surface area contributed by atoms with Gasteiger partial charge in [-0.2, -0.15) is 0 Å². The maximum absolute atomic E-state index is 10.7. The van der Waals surface area contributed by atoms with E-state index in [1.807, 2.05) is 0 Å². The summed E-state index contributed by atoms with van der Waals surface area (Å²) in [5.74, 6) is 0.770. The lowest BCUT2D eigenvalue weighted by Gasteiger charge is -2.33. The average Bonchev–Trinajstić information content (AvgIpc) is 1.87. The fourth-order valence-corrected chi connectivity index (χ4v) is 1.41. The number of rotatable bonds is 0. The fourth-order valence-electron chi connectivity index (χ4n) is 1.41. The molecule has 1 nitrogen and oxygen atoms in total. The second-order valence-electron chi connectivity index (χ2n) is 2.74. The van der Waals surface area contributed by atoms with Crippen LogP contribution < -0.4 is 0 Å². The van der Waals surface area contributed by atoms with Crippen LogP contribution in [0, 0.1) is 5.92 Å². The Morgan fingerprint density at radius 2 is 2.00 bits per heavy atom. The van der Waals surface area contributed by atoms with Crippen molar-refractivity contribution in [1.29, 1.82) is 0 Å². The summed E-state index contributed by atoms with van der Waals surface area (Å²) in [6.07, 6.45) is 4.59. The van der Waals surface area contributed by atoms with Gasteiger partial charge in [0.1, 0.15) is 0 Å². The van der Waals surface area contributed by atoms with Gasteiger partial charge in [-0.3, -0.25) is 4.79 Å². The van der Waals surface area contributed by atoms with Gasteiger partial charge in [0.05, 0.1) is 0 Å². The molecular weight excluding hydrogens is 112 g/mol. The fraction of sp³-hybridized carbons (Fsp3) is 0.375. The number of hydrogen-bond acceptors (Lipinski definition) is 1. The molecule has 0 spiro atoms. The molecular formula is C8H8O. The molecule has 0 aromatic carbocycles. The lowest BCUT2D eigenvalue weighted by atomic mass is 9.71. The van der Waals surface area contributed by atoms with Crippen LogP contribution in [0.3, 0.4) is 0 Å². The van der Waals surface area contributed by atoms with Crippen LogP contribution >= 0.6 is 0 Å². The molecule has 2 bridgehead atoms. The first-order valence-corrected chi connectivity index (χ1v) is 3.22. The summed E-state index contributed by atoms with van der Waals surface area (Å²) >= 11 is 0. The number of carbonyl (C=O) groups excluding carboxylic acids is 1. The van der Waals surface area contributed by atoms with Crippen molar-refractivity contribution in [2.75, 3.05) is 0 Å². The molecule has 0 heterocycles. The zero-order valence-corrected chi connectivity index (χ0v) is 5.35. The van der Waals surface area contributed by atoms with E-state index >= 15 is 0 Å². The largest absolute Gasteiger partial charge is 0.290 e. The van der Waals surface area contributed by atoms with Crippen molar-refractivity contribution >= 4 is 5.78 Å². The van der Waals surface area contributed by atoms with Crippen molar-refractivity contribution in [3.8, 4) is 0 Å². The molecule has 1 heteroatoms. The third-order valence-corrected chi connectivity index (χ3v) is 2.18. The van der Waals surface area contributed by atoms with Crippen molar-refractivity contribution in [1.82, 2.24) is 0 Å². The Labute approximate surface area is 54.1 Å². The van der Waals surface area contributed by atoms with Crippen molar-refractivity contribution in [2.24, 2.45) is 5.92 Å². The van der Waals surface area contributed by atoms with Crippen LogP contribution in [0.2, 0.25) is 0 Å². The summed E-state index contributed by atoms with van der Waals surface area (Å²) < 4.78 is 0. The number of fused-ring (bicyclic) bond motifs is 2. The minimum absolute atomic E-state index is 0.185. The molecule has 1 fully saturated rings. The zero-order valence-electron chi connectivity index (χ0n) is 5.35. The molecule has 0 unspecified atom stereocenters. The second-order valence-corrected chi connectivity index (χ2v) is 2.74. The summed E-state index contributed by atoms with van der Waals surface area (Å²) in [6, 6.07) is 0. The molecule has 1 saturated carbocycles. The molecule has 46 valence electrons. The van der Waals surface area contributed by atoms with Gasteiger partial charge in [-0.25, -0.2) is 0 Å². The van der Waals surface area contributed by atoms with E-state index in [-0.39, 0.29) is 5.78 Å². The molecule has 0 aliphatic heterocycles. The highest BCUT2D eigenvalue weighted by Crippen LogP contribution is 2.41. The average molecular weight is 120 g/mol. The highest BCUT2D eigenvalue weighted by molar-refractivity contribution is 6.03. The van der Waals surface area contributed by atoms with Gasteiger partial charge in [-0.15, -0.1) is 0 Å². The quantitative estimate of drug-likeness (QED) is 0.473. The van der Waals surface area contributed by atoms with Gasteiger partial charge in [0.2, 0.25) is 0 Å². The van der Waals surface area contributed by atoms with Gasteiger partial charge in [-0.05, 0) is 24.5 Å². The Morgan fingerprint density at radius 1 is 1.44 bits per heavy atom. The van der Waals surface area contributed by atoms with Crippen LogP contribution in [0.25, 0.3) is 0 Å². The summed E-state index contributed by atoms with van der Waals surface area (Å²) in [5, 5.41) is 0. The Balaban J connectivity index is 2.42. The van der Waals surface area contributed by atoms with E-state index in [4.69, 9.17) is 0 Å². The van der Waals surface area contributed by atoms with Crippen molar-refractivity contribution in [2.45, 2.75) is 13.3 Å². The molecule has 3 aliphatic rings. The Kier molecular flexibility index (Phi) is 0.747. The summed E-state index contributed by atoms with van der Waals surface area (Å²) in [6.45, 7) is 2.15. The zero-order chi connectivity index (χ0) is 6.43. The molecule has 3 rings (SSSR count). The molecule has 0 N–H and O–H groups in total. The van der Waals surface area contributed by atoms with Gasteiger partial charge in [0.15, 0.2) is 5.78 Å². The number of carbonyl (C=O) groups is 1. The van der Waals surface area contributed by atoms with E-state index in [0.717, 1.165) is 6.42 Å². The van der Waals surface area contributed by atoms with Crippen molar-refractivity contribution in [3.63, 3.8) is 0 Å². The molecule has 3 aliphatic carbocycles. The number of allylic oxidation sites excluding steroid dienone is 4. The first-order chi connectivity index (χ1) is 4.27. The molecule has 9 heavy (non-hydrogen) atoms. The van der Waals surface area contributed by atoms with Gasteiger partial charge in [0, 0.05) is 0 Å². The Morgan fingerprint density at radius 3 is 2.33 bits per heavy atom. The summed E-state index contributed by atoms with van der Waals surface area (Å²) in [5.41, 5.74) is 2.63. The molecule has 0 aromatic rings. The predicted octanol–water partition coefficient (Wildman–Crippen LogP) is 1.46. The Hall–Kier alpha value is -0.850. The number of ketones is 1.